The van der Waals surface area contributed by atoms with Gasteiger partial charge in [-0.15, -0.1) is 5.10 Å². The molecule has 6 nitrogen and oxygen atoms in total. The topological polar surface area (TPSA) is 65.1 Å². The maximum Gasteiger partial charge on any atom is 0.261 e. The lowest BCUT2D eigenvalue weighted by molar-refractivity contribution is 0.429. The number of hydrogen-bond acceptors (Lipinski definition) is 4. The summed E-state index contributed by atoms with van der Waals surface area (Å²) in [6, 6.07) is 1.92. The van der Waals surface area contributed by atoms with E-state index in [9.17, 15) is 4.79 Å². The molecule has 0 aromatic carbocycles. The van der Waals surface area contributed by atoms with Gasteiger partial charge in [0.15, 0.2) is 5.82 Å². The van der Waals surface area contributed by atoms with Crippen LogP contribution < -0.4 is 5.56 Å². The highest BCUT2D eigenvalue weighted by atomic mass is 16.1. The van der Waals surface area contributed by atoms with Gasteiger partial charge in [0.05, 0.1) is 10.9 Å². The molecule has 4 rings (SSSR count). The quantitative estimate of drug-likeness (QED) is 0.729. The highest BCUT2D eigenvalue weighted by Gasteiger charge is 2.21. The van der Waals surface area contributed by atoms with E-state index < -0.39 is 0 Å². The van der Waals surface area contributed by atoms with Gasteiger partial charge in [-0.1, -0.05) is 19.3 Å². The lowest BCUT2D eigenvalue weighted by atomic mass is 9.89. The maximum atomic E-state index is 12.4. The second kappa shape index (κ2) is 5.19. The predicted molar refractivity (Wildman–Crippen MR) is 84.0 cm³/mol. The van der Waals surface area contributed by atoms with Gasteiger partial charge in [-0.25, -0.2) is 4.98 Å². The molecule has 0 aliphatic heterocycles. The molecule has 22 heavy (non-hydrogen) atoms. The van der Waals surface area contributed by atoms with Crippen molar-refractivity contribution in [2.45, 2.75) is 51.5 Å². The monoisotopic (exact) mass is 297 g/mol. The minimum Gasteiger partial charge on any atom is -0.315 e. The Morgan fingerprint density at radius 1 is 1.27 bits per heavy atom. The van der Waals surface area contributed by atoms with Crippen LogP contribution in [-0.2, 0) is 6.54 Å². The van der Waals surface area contributed by atoms with Crippen LogP contribution in [-0.4, -0.2) is 24.1 Å². The SMILES string of the molecule is CCn1ccc2c(cnc3nc(C4CCCCC4)nn32)c1=O. The van der Waals surface area contributed by atoms with E-state index in [0.717, 1.165) is 24.2 Å². The zero-order valence-electron chi connectivity index (χ0n) is 12.7. The average molecular weight is 297 g/mol. The third kappa shape index (κ3) is 2.01. The first-order valence-electron chi connectivity index (χ1n) is 8.02. The molecule has 1 aliphatic rings. The summed E-state index contributed by atoms with van der Waals surface area (Å²) in [5.41, 5.74) is 0.762. The van der Waals surface area contributed by atoms with Gasteiger partial charge in [0.25, 0.3) is 11.3 Å². The first kappa shape index (κ1) is 13.4. The van der Waals surface area contributed by atoms with Crippen molar-refractivity contribution >= 4 is 16.7 Å². The third-order valence-corrected chi connectivity index (χ3v) is 4.63. The first-order chi connectivity index (χ1) is 10.8. The van der Waals surface area contributed by atoms with Crippen molar-refractivity contribution < 1.29 is 0 Å². The lowest BCUT2D eigenvalue weighted by Gasteiger charge is -2.17. The average Bonchev–Trinajstić information content (AvgIpc) is 3.00. The number of hydrogen-bond donors (Lipinski definition) is 0. The molecule has 6 heteroatoms. The Balaban J connectivity index is 1.90. The second-order valence-corrected chi connectivity index (χ2v) is 5.98. The summed E-state index contributed by atoms with van der Waals surface area (Å²) < 4.78 is 3.40. The predicted octanol–water partition coefficient (Wildman–Crippen LogP) is 2.51. The number of fused-ring (bicyclic) bond motifs is 3. The molecule has 1 fully saturated rings. The van der Waals surface area contributed by atoms with Crippen molar-refractivity contribution in [3.05, 3.63) is 34.6 Å². The van der Waals surface area contributed by atoms with E-state index in [4.69, 9.17) is 0 Å². The van der Waals surface area contributed by atoms with Crippen molar-refractivity contribution in [2.75, 3.05) is 0 Å². The van der Waals surface area contributed by atoms with Gasteiger partial charge < -0.3 is 4.57 Å². The van der Waals surface area contributed by atoms with Gasteiger partial charge in [-0.3, -0.25) is 4.79 Å². The van der Waals surface area contributed by atoms with Gasteiger partial charge in [-0.2, -0.15) is 9.50 Å². The zero-order chi connectivity index (χ0) is 15.1. The van der Waals surface area contributed by atoms with Crippen molar-refractivity contribution in [1.82, 2.24) is 24.1 Å². The van der Waals surface area contributed by atoms with E-state index >= 15 is 0 Å². The third-order valence-electron chi connectivity index (χ3n) is 4.63. The molecule has 0 N–H and O–H groups in total. The summed E-state index contributed by atoms with van der Waals surface area (Å²) in [7, 11) is 0. The zero-order valence-corrected chi connectivity index (χ0v) is 12.7. The smallest absolute Gasteiger partial charge is 0.261 e. The van der Waals surface area contributed by atoms with Gasteiger partial charge in [0.2, 0.25) is 0 Å². The highest BCUT2D eigenvalue weighted by Crippen LogP contribution is 2.30. The van der Waals surface area contributed by atoms with Gasteiger partial charge in [-0.05, 0) is 25.8 Å². The van der Waals surface area contributed by atoms with E-state index in [1.54, 1.807) is 15.3 Å². The summed E-state index contributed by atoms with van der Waals surface area (Å²) in [4.78, 5) is 21.3. The molecule has 3 heterocycles. The molecule has 0 bridgehead atoms. The van der Waals surface area contributed by atoms with Crippen LogP contribution in [0.1, 0.15) is 50.8 Å². The van der Waals surface area contributed by atoms with Crippen LogP contribution in [0.3, 0.4) is 0 Å². The number of aryl methyl sites for hydroxylation is 1. The molecule has 0 unspecified atom stereocenters. The number of nitrogens with zero attached hydrogens (tertiary/aromatic N) is 5. The summed E-state index contributed by atoms with van der Waals surface area (Å²) in [6.07, 6.45) is 9.53. The van der Waals surface area contributed by atoms with Crippen LogP contribution in [0, 0.1) is 0 Å². The van der Waals surface area contributed by atoms with Gasteiger partial charge in [0, 0.05) is 24.9 Å². The fourth-order valence-corrected chi connectivity index (χ4v) is 3.36. The Kier molecular flexibility index (Phi) is 3.17. The van der Waals surface area contributed by atoms with Crippen LogP contribution in [0.2, 0.25) is 0 Å². The first-order valence-corrected chi connectivity index (χ1v) is 8.02. The molecular formula is C16H19N5O. The summed E-state index contributed by atoms with van der Waals surface area (Å²) in [5.74, 6) is 1.89. The second-order valence-electron chi connectivity index (χ2n) is 5.98. The molecule has 0 atom stereocenters. The molecular weight excluding hydrogens is 278 g/mol. The minimum atomic E-state index is -0.0240. The van der Waals surface area contributed by atoms with Crippen molar-refractivity contribution in [2.24, 2.45) is 0 Å². The van der Waals surface area contributed by atoms with Crippen molar-refractivity contribution in [3.63, 3.8) is 0 Å². The lowest BCUT2D eigenvalue weighted by Crippen LogP contribution is -2.19. The Bertz CT molecular complexity index is 889. The number of aromatic nitrogens is 5. The van der Waals surface area contributed by atoms with Crippen LogP contribution in [0.5, 0.6) is 0 Å². The van der Waals surface area contributed by atoms with E-state index in [1.807, 2.05) is 19.2 Å². The van der Waals surface area contributed by atoms with Crippen molar-refractivity contribution in [1.29, 1.82) is 0 Å². The standard InChI is InChI=1S/C16H19N5O/c1-2-20-9-8-13-12(15(20)22)10-17-16-18-14(19-21(13)16)11-6-4-3-5-7-11/h8-11H,2-7H2,1H3. The van der Waals surface area contributed by atoms with E-state index in [1.165, 1.54) is 19.3 Å². The molecule has 1 saturated carbocycles. The van der Waals surface area contributed by atoms with Crippen molar-refractivity contribution in [3.8, 4) is 0 Å². The molecule has 0 saturated heterocycles. The highest BCUT2D eigenvalue weighted by molar-refractivity contribution is 5.78. The summed E-state index contributed by atoms with van der Waals surface area (Å²) >= 11 is 0. The molecule has 3 aromatic heterocycles. The Hall–Kier alpha value is -2.24. The Morgan fingerprint density at radius 3 is 2.86 bits per heavy atom. The Labute approximate surface area is 127 Å². The van der Waals surface area contributed by atoms with Crippen LogP contribution >= 0.6 is 0 Å². The van der Waals surface area contributed by atoms with E-state index in [0.29, 0.717) is 23.6 Å². The molecule has 0 amide bonds. The van der Waals surface area contributed by atoms with Crippen LogP contribution in [0.15, 0.2) is 23.3 Å². The Morgan fingerprint density at radius 2 is 2.09 bits per heavy atom. The molecule has 114 valence electrons. The van der Waals surface area contributed by atoms with Crippen LogP contribution in [0.4, 0.5) is 0 Å². The fraction of sp³-hybridized carbons (Fsp3) is 0.500. The maximum absolute atomic E-state index is 12.4. The van der Waals surface area contributed by atoms with Gasteiger partial charge in [0.1, 0.15) is 0 Å². The minimum absolute atomic E-state index is 0.0240. The summed E-state index contributed by atoms with van der Waals surface area (Å²) in [6.45, 7) is 2.60. The van der Waals surface area contributed by atoms with E-state index in [-0.39, 0.29) is 5.56 Å². The summed E-state index contributed by atoms with van der Waals surface area (Å²) in [5, 5.41) is 5.25. The van der Waals surface area contributed by atoms with E-state index in [2.05, 4.69) is 15.1 Å². The normalized spacial score (nSPS) is 16.6. The largest absolute Gasteiger partial charge is 0.315 e. The number of rotatable bonds is 2. The molecule has 3 aromatic rings. The molecule has 0 radical (unpaired) electrons. The number of pyridine rings is 1. The van der Waals surface area contributed by atoms with Crippen LogP contribution in [0.25, 0.3) is 16.7 Å². The molecule has 0 spiro atoms. The molecule has 1 aliphatic carbocycles. The fourth-order valence-electron chi connectivity index (χ4n) is 3.36. The van der Waals surface area contributed by atoms with Gasteiger partial charge >= 0.3 is 0 Å².